The van der Waals surface area contributed by atoms with Gasteiger partial charge in [0, 0.05) is 12.2 Å². The molecule has 94 valence electrons. The fourth-order valence-electron chi connectivity index (χ4n) is 1.77. The van der Waals surface area contributed by atoms with Gasteiger partial charge in [0.1, 0.15) is 0 Å². The Morgan fingerprint density at radius 2 is 2.00 bits per heavy atom. The van der Waals surface area contributed by atoms with Crippen molar-refractivity contribution in [3.8, 4) is 0 Å². The molecule has 0 heterocycles. The molecule has 0 saturated heterocycles. The second-order valence-corrected chi connectivity index (χ2v) is 4.82. The summed E-state index contributed by atoms with van der Waals surface area (Å²) in [6.07, 6.45) is 0. The second-order valence-electron chi connectivity index (χ2n) is 4.82. The van der Waals surface area contributed by atoms with Crippen molar-refractivity contribution in [2.45, 2.75) is 27.7 Å². The van der Waals surface area contributed by atoms with Gasteiger partial charge in [-0.05, 0) is 37.0 Å². The Morgan fingerprint density at radius 1 is 1.35 bits per heavy atom. The highest BCUT2D eigenvalue weighted by atomic mass is 16.4. The molecule has 0 bridgehead atoms. The number of nitrogens with one attached hydrogen (secondary N) is 1. The van der Waals surface area contributed by atoms with Crippen LogP contribution in [0.5, 0.6) is 0 Å². The molecule has 0 radical (unpaired) electrons. The van der Waals surface area contributed by atoms with Gasteiger partial charge in [-0.3, -0.25) is 4.79 Å². The first-order valence-electron chi connectivity index (χ1n) is 5.96. The van der Waals surface area contributed by atoms with E-state index >= 15 is 0 Å². The maximum Gasteiger partial charge on any atom is 0.308 e. The van der Waals surface area contributed by atoms with E-state index in [2.05, 4.69) is 18.3 Å². The number of rotatable bonds is 5. The lowest BCUT2D eigenvalue weighted by Gasteiger charge is -2.19. The van der Waals surface area contributed by atoms with E-state index in [4.69, 9.17) is 5.11 Å². The van der Waals surface area contributed by atoms with Crippen molar-refractivity contribution in [2.75, 3.05) is 11.9 Å². The smallest absolute Gasteiger partial charge is 0.308 e. The first-order valence-corrected chi connectivity index (χ1v) is 5.96. The summed E-state index contributed by atoms with van der Waals surface area (Å²) in [4.78, 5) is 11.1. The van der Waals surface area contributed by atoms with E-state index < -0.39 is 5.97 Å². The van der Waals surface area contributed by atoms with Gasteiger partial charge in [-0.1, -0.05) is 26.0 Å². The SMILES string of the molecule is Cc1cccc(NCC(C(=O)O)C(C)C)c1C. The van der Waals surface area contributed by atoms with Crippen LogP contribution < -0.4 is 5.32 Å². The minimum absolute atomic E-state index is 0.130. The van der Waals surface area contributed by atoms with Crippen LogP contribution in [0, 0.1) is 25.7 Å². The summed E-state index contributed by atoms with van der Waals surface area (Å²) in [5.41, 5.74) is 3.42. The molecule has 0 amide bonds. The maximum absolute atomic E-state index is 11.1. The number of benzene rings is 1. The average molecular weight is 235 g/mol. The molecule has 2 N–H and O–H groups in total. The highest BCUT2D eigenvalue weighted by Crippen LogP contribution is 2.19. The summed E-state index contributed by atoms with van der Waals surface area (Å²) in [5.74, 6) is -0.960. The van der Waals surface area contributed by atoms with E-state index in [0.29, 0.717) is 6.54 Å². The zero-order valence-corrected chi connectivity index (χ0v) is 10.9. The molecule has 1 rings (SSSR count). The highest BCUT2D eigenvalue weighted by Gasteiger charge is 2.21. The van der Waals surface area contributed by atoms with E-state index in [9.17, 15) is 4.79 Å². The fraction of sp³-hybridized carbons (Fsp3) is 0.500. The molecule has 0 aliphatic carbocycles. The van der Waals surface area contributed by atoms with Crippen LogP contribution in [-0.4, -0.2) is 17.6 Å². The van der Waals surface area contributed by atoms with Crippen LogP contribution in [-0.2, 0) is 4.79 Å². The number of aryl methyl sites for hydroxylation is 1. The van der Waals surface area contributed by atoms with Crippen molar-refractivity contribution in [2.24, 2.45) is 11.8 Å². The topological polar surface area (TPSA) is 49.3 Å². The van der Waals surface area contributed by atoms with Gasteiger partial charge in [-0.2, -0.15) is 0 Å². The van der Waals surface area contributed by atoms with Gasteiger partial charge in [0.25, 0.3) is 0 Å². The number of hydrogen-bond donors (Lipinski definition) is 2. The van der Waals surface area contributed by atoms with Gasteiger partial charge in [-0.15, -0.1) is 0 Å². The van der Waals surface area contributed by atoms with Crippen molar-refractivity contribution >= 4 is 11.7 Å². The molecule has 1 aromatic carbocycles. The summed E-state index contributed by atoms with van der Waals surface area (Å²) in [5, 5.41) is 12.3. The minimum Gasteiger partial charge on any atom is -0.481 e. The molecule has 17 heavy (non-hydrogen) atoms. The Morgan fingerprint density at radius 3 is 2.53 bits per heavy atom. The minimum atomic E-state index is -0.738. The number of carboxylic acids is 1. The highest BCUT2D eigenvalue weighted by molar-refractivity contribution is 5.71. The number of carbonyl (C=O) groups is 1. The van der Waals surface area contributed by atoms with E-state index in [-0.39, 0.29) is 11.8 Å². The van der Waals surface area contributed by atoms with Crippen LogP contribution in [0.1, 0.15) is 25.0 Å². The third-order valence-electron chi connectivity index (χ3n) is 3.24. The quantitative estimate of drug-likeness (QED) is 0.824. The molecule has 3 nitrogen and oxygen atoms in total. The third-order valence-corrected chi connectivity index (χ3v) is 3.24. The Labute approximate surface area is 103 Å². The molecule has 1 unspecified atom stereocenters. The van der Waals surface area contributed by atoms with Crippen LogP contribution in [0.15, 0.2) is 18.2 Å². The Kier molecular flexibility index (Phi) is 4.55. The van der Waals surface area contributed by atoms with Gasteiger partial charge < -0.3 is 10.4 Å². The first-order chi connectivity index (χ1) is 7.93. The van der Waals surface area contributed by atoms with Gasteiger partial charge in [0.2, 0.25) is 0 Å². The summed E-state index contributed by atoms with van der Waals surface area (Å²) in [6, 6.07) is 6.02. The van der Waals surface area contributed by atoms with Gasteiger partial charge in [-0.25, -0.2) is 0 Å². The van der Waals surface area contributed by atoms with Gasteiger partial charge >= 0.3 is 5.97 Å². The van der Waals surface area contributed by atoms with Crippen LogP contribution >= 0.6 is 0 Å². The van der Waals surface area contributed by atoms with Gasteiger partial charge in [0.05, 0.1) is 5.92 Å². The van der Waals surface area contributed by atoms with E-state index in [1.54, 1.807) is 0 Å². The van der Waals surface area contributed by atoms with Crippen molar-refractivity contribution in [3.05, 3.63) is 29.3 Å². The molecule has 0 aliphatic heterocycles. The van der Waals surface area contributed by atoms with E-state index in [1.165, 1.54) is 11.1 Å². The standard InChI is InChI=1S/C14H21NO2/c1-9(2)12(14(16)17)8-15-13-7-5-6-10(3)11(13)4/h5-7,9,12,15H,8H2,1-4H3,(H,16,17). The first kappa shape index (κ1) is 13.6. The fourth-order valence-corrected chi connectivity index (χ4v) is 1.77. The molecule has 3 heteroatoms. The average Bonchev–Trinajstić information content (AvgIpc) is 2.23. The summed E-state index contributed by atoms with van der Waals surface area (Å²) >= 11 is 0. The molecule has 0 saturated carbocycles. The predicted molar refractivity (Wildman–Crippen MR) is 70.4 cm³/mol. The summed E-state index contributed by atoms with van der Waals surface area (Å²) in [7, 11) is 0. The summed E-state index contributed by atoms with van der Waals surface area (Å²) < 4.78 is 0. The van der Waals surface area contributed by atoms with Crippen LogP contribution in [0.4, 0.5) is 5.69 Å². The van der Waals surface area contributed by atoms with Crippen molar-refractivity contribution in [1.29, 1.82) is 0 Å². The largest absolute Gasteiger partial charge is 0.481 e. The van der Waals surface area contributed by atoms with Crippen molar-refractivity contribution < 1.29 is 9.90 Å². The molecule has 0 aliphatic rings. The van der Waals surface area contributed by atoms with Gasteiger partial charge in [0.15, 0.2) is 0 Å². The lowest BCUT2D eigenvalue weighted by atomic mass is 9.96. The Bertz CT molecular complexity index is 399. The third kappa shape index (κ3) is 3.48. The molecule has 0 fully saturated rings. The lowest BCUT2D eigenvalue weighted by molar-refractivity contribution is -0.142. The van der Waals surface area contributed by atoms with E-state index in [1.807, 2.05) is 32.9 Å². The monoisotopic (exact) mass is 235 g/mol. The Hall–Kier alpha value is -1.51. The molecule has 0 aromatic heterocycles. The van der Waals surface area contributed by atoms with Crippen molar-refractivity contribution in [3.63, 3.8) is 0 Å². The van der Waals surface area contributed by atoms with Crippen LogP contribution in [0.25, 0.3) is 0 Å². The zero-order valence-electron chi connectivity index (χ0n) is 10.9. The predicted octanol–water partition coefficient (Wildman–Crippen LogP) is 3.07. The second kappa shape index (κ2) is 5.71. The van der Waals surface area contributed by atoms with Crippen molar-refractivity contribution in [1.82, 2.24) is 0 Å². The van der Waals surface area contributed by atoms with E-state index in [0.717, 1.165) is 5.69 Å². The maximum atomic E-state index is 11.1. The molecule has 0 spiro atoms. The number of aliphatic carboxylic acids is 1. The number of hydrogen-bond acceptors (Lipinski definition) is 2. The number of carboxylic acid groups (broad SMARTS) is 1. The number of anilines is 1. The molecular formula is C14H21NO2. The van der Waals surface area contributed by atoms with Crippen LogP contribution in [0.3, 0.4) is 0 Å². The molecular weight excluding hydrogens is 214 g/mol. The lowest BCUT2D eigenvalue weighted by Crippen LogP contribution is -2.27. The molecule has 1 atom stereocenters. The summed E-state index contributed by atoms with van der Waals surface area (Å²) in [6.45, 7) is 8.44. The molecule has 1 aromatic rings. The normalized spacial score (nSPS) is 12.5. The zero-order chi connectivity index (χ0) is 13.0. The van der Waals surface area contributed by atoms with Crippen LogP contribution in [0.2, 0.25) is 0 Å². The Balaban J connectivity index is 2.72.